The molecule has 0 aliphatic heterocycles. The quantitative estimate of drug-likeness (QED) is 0.555. The van der Waals surface area contributed by atoms with E-state index in [1.54, 1.807) is 0 Å². The molecular weight excluding hydrogens is 271 g/mol. The van der Waals surface area contributed by atoms with Gasteiger partial charge in [0, 0.05) is 0 Å². The van der Waals surface area contributed by atoms with E-state index in [2.05, 4.69) is 37.0 Å². The Hall–Kier alpha value is -0.617. The van der Waals surface area contributed by atoms with Gasteiger partial charge >= 0.3 is 19.5 Å². The van der Waals surface area contributed by atoms with Gasteiger partial charge in [-0.25, -0.2) is 23.8 Å². The van der Waals surface area contributed by atoms with Crippen molar-refractivity contribution in [2.75, 3.05) is 0 Å². The van der Waals surface area contributed by atoms with Gasteiger partial charge in [0.1, 0.15) is 0 Å². The van der Waals surface area contributed by atoms with Crippen molar-refractivity contribution in [1.29, 1.82) is 0 Å². The van der Waals surface area contributed by atoms with E-state index in [1.165, 1.54) is 16.8 Å². The Kier molecular flexibility index (Phi) is 6.51. The molecule has 0 amide bonds. The molecule has 1 aromatic rings. The smallest absolute Gasteiger partial charge is 0.456 e. The number of nitrogens with one attached hydrogen (secondary N) is 1. The Morgan fingerprint density at radius 3 is 2.00 bits per heavy atom. The van der Waals surface area contributed by atoms with Crippen LogP contribution in [0.1, 0.15) is 31.7 Å². The summed E-state index contributed by atoms with van der Waals surface area (Å²) in [6, 6.07) is 4.95. The third-order valence-corrected chi connectivity index (χ3v) is 2.01. The van der Waals surface area contributed by atoms with Crippen molar-refractivity contribution in [3.8, 4) is 0 Å². The maximum atomic E-state index is 3.19. The Bertz CT molecular complexity index is 342. The van der Waals surface area contributed by atoms with Crippen LogP contribution in [0, 0.1) is 26.0 Å². The number of allylic oxidation sites excluding steroid dienone is 4. The Morgan fingerprint density at radius 1 is 1.20 bits per heavy atom. The molecule has 2 heteroatoms. The van der Waals surface area contributed by atoms with E-state index in [0.29, 0.717) is 0 Å². The second kappa shape index (κ2) is 6.79. The molecule has 0 bridgehead atoms. The van der Waals surface area contributed by atoms with Gasteiger partial charge in [-0.2, -0.15) is 5.57 Å². The number of hydrogen-bond donors (Lipinski definition) is 1. The average Bonchev–Trinajstić information content (AvgIpc) is 2.63. The molecule has 1 aromatic heterocycles. The minimum Gasteiger partial charge on any atom is -0.456 e. The maximum Gasteiger partial charge on any atom is 2.00 e. The molecule has 0 saturated carbocycles. The Balaban J connectivity index is 0.000000245. The first-order valence-electron chi connectivity index (χ1n) is 4.88. The molecule has 1 nitrogen and oxygen atoms in total. The maximum absolute atomic E-state index is 3.19. The van der Waals surface area contributed by atoms with Crippen LogP contribution in [0.3, 0.4) is 0 Å². The zero-order valence-corrected chi connectivity index (χ0v) is 11.5. The van der Waals surface area contributed by atoms with Crippen LogP contribution >= 0.6 is 0 Å². The van der Waals surface area contributed by atoms with Crippen LogP contribution in [0.2, 0.25) is 0 Å². The predicted molar refractivity (Wildman–Crippen MR) is 59.9 cm³/mol. The Morgan fingerprint density at radius 2 is 1.87 bits per heavy atom. The normalized spacial score (nSPS) is 13.3. The average molecular weight is 288 g/mol. The molecule has 0 radical (unpaired) electrons. The third kappa shape index (κ3) is 5.74. The van der Waals surface area contributed by atoms with E-state index in [1.807, 2.05) is 19.9 Å². The van der Waals surface area contributed by atoms with Crippen LogP contribution in [0.25, 0.3) is 0 Å². The van der Waals surface area contributed by atoms with Gasteiger partial charge in [-0.05, 0) is 6.92 Å². The molecule has 1 aliphatic carbocycles. The van der Waals surface area contributed by atoms with Gasteiger partial charge in [-0.1, -0.05) is 32.9 Å². The summed E-state index contributed by atoms with van der Waals surface area (Å²) in [5.41, 5.74) is 4.94. The minimum atomic E-state index is 0. The zero-order chi connectivity index (χ0) is 10.6. The molecule has 0 unspecified atom stereocenters. The van der Waals surface area contributed by atoms with Gasteiger partial charge in [0.05, 0.1) is 0 Å². The fourth-order valence-corrected chi connectivity index (χ4v) is 1.33. The van der Waals surface area contributed by atoms with Gasteiger partial charge in [0.25, 0.3) is 0 Å². The second-order valence-corrected chi connectivity index (χ2v) is 3.72. The fourth-order valence-electron chi connectivity index (χ4n) is 1.33. The van der Waals surface area contributed by atoms with E-state index >= 15 is 0 Å². The van der Waals surface area contributed by atoms with Crippen LogP contribution < -0.4 is 0 Å². The summed E-state index contributed by atoms with van der Waals surface area (Å²) >= 11 is 0. The van der Waals surface area contributed by atoms with Crippen molar-refractivity contribution >= 4 is 0 Å². The first-order valence-corrected chi connectivity index (χ1v) is 4.88. The molecule has 15 heavy (non-hydrogen) atoms. The van der Waals surface area contributed by atoms with Crippen molar-refractivity contribution in [2.24, 2.45) is 0 Å². The van der Waals surface area contributed by atoms with Crippen molar-refractivity contribution in [1.82, 2.24) is 4.98 Å². The van der Waals surface area contributed by atoms with E-state index in [4.69, 9.17) is 0 Å². The number of aryl methyl sites for hydroxylation is 2. The SMILES string of the molecule is CC1=[C-]C(C)=CC1.Cc1[c-]cc(C)[nH]1.[Ru+2]. The molecule has 1 aliphatic rings. The van der Waals surface area contributed by atoms with Gasteiger partial charge in [0.2, 0.25) is 0 Å². The molecule has 2 rings (SSSR count). The molecular formula is C13H17NRu. The van der Waals surface area contributed by atoms with Crippen LogP contribution in [0.5, 0.6) is 0 Å². The molecule has 0 atom stereocenters. The summed E-state index contributed by atoms with van der Waals surface area (Å²) in [6.45, 7) is 8.19. The largest absolute Gasteiger partial charge is 2.00 e. The molecule has 1 heterocycles. The summed E-state index contributed by atoms with van der Waals surface area (Å²) in [5.74, 6) is 0. The van der Waals surface area contributed by atoms with E-state index < -0.39 is 0 Å². The van der Waals surface area contributed by atoms with Crippen LogP contribution in [-0.2, 0) is 19.5 Å². The molecule has 82 valence electrons. The Labute approximate surface area is 105 Å². The van der Waals surface area contributed by atoms with Crippen molar-refractivity contribution < 1.29 is 19.5 Å². The first kappa shape index (κ1) is 14.4. The number of hydrogen-bond acceptors (Lipinski definition) is 0. The minimum absolute atomic E-state index is 0. The first-order chi connectivity index (χ1) is 6.58. The molecule has 0 spiro atoms. The monoisotopic (exact) mass is 289 g/mol. The molecule has 0 saturated heterocycles. The van der Waals surface area contributed by atoms with Crippen LogP contribution in [-0.4, -0.2) is 4.98 Å². The van der Waals surface area contributed by atoms with E-state index in [-0.39, 0.29) is 19.5 Å². The van der Waals surface area contributed by atoms with Crippen molar-refractivity contribution in [2.45, 2.75) is 34.1 Å². The van der Waals surface area contributed by atoms with Crippen LogP contribution in [0.15, 0.2) is 23.3 Å². The van der Waals surface area contributed by atoms with Gasteiger partial charge in [0.15, 0.2) is 0 Å². The topological polar surface area (TPSA) is 15.8 Å². The van der Waals surface area contributed by atoms with Crippen molar-refractivity contribution in [3.05, 3.63) is 46.8 Å². The zero-order valence-electron chi connectivity index (χ0n) is 9.72. The van der Waals surface area contributed by atoms with E-state index in [0.717, 1.165) is 12.1 Å². The van der Waals surface area contributed by atoms with Gasteiger partial charge in [-0.3, -0.25) is 6.08 Å². The standard InChI is InChI=1S/C7H9.C6H8N.Ru/c1-6-3-4-7(2)5-6;1-5-3-4-6(2)7-5;/h3H,4H2,1-2H3;3,7H,1-2H3;/q2*-1;+2. The number of aromatic amines is 1. The summed E-state index contributed by atoms with van der Waals surface area (Å²) in [7, 11) is 0. The molecule has 1 N–H and O–H groups in total. The summed E-state index contributed by atoms with van der Waals surface area (Å²) < 4.78 is 0. The van der Waals surface area contributed by atoms with E-state index in [9.17, 15) is 0 Å². The van der Waals surface area contributed by atoms with Crippen LogP contribution in [0.4, 0.5) is 0 Å². The number of aromatic nitrogens is 1. The predicted octanol–water partition coefficient (Wildman–Crippen LogP) is 3.52. The number of rotatable bonds is 0. The van der Waals surface area contributed by atoms with Crippen molar-refractivity contribution in [3.63, 3.8) is 0 Å². The molecule has 0 aromatic carbocycles. The summed E-state index contributed by atoms with van der Waals surface area (Å²) in [4.78, 5) is 3.08. The fraction of sp³-hybridized carbons (Fsp3) is 0.385. The van der Waals surface area contributed by atoms with Gasteiger partial charge < -0.3 is 4.98 Å². The second-order valence-electron chi connectivity index (χ2n) is 3.72. The molecule has 0 fully saturated rings. The summed E-state index contributed by atoms with van der Waals surface area (Å²) in [6.07, 6.45) is 6.50. The van der Waals surface area contributed by atoms with Gasteiger partial charge in [-0.15, -0.1) is 5.69 Å². The number of H-pyrrole nitrogens is 1. The third-order valence-electron chi connectivity index (χ3n) is 2.01. The summed E-state index contributed by atoms with van der Waals surface area (Å²) in [5, 5.41) is 0.